The van der Waals surface area contributed by atoms with Gasteiger partial charge in [0.25, 0.3) is 0 Å². The maximum Gasteiger partial charge on any atom is 0.166 e. The molecule has 1 rings (SSSR count). The largest absolute Gasteiger partial charge is 0.361 e. The minimum atomic E-state index is 0.215. The second-order valence-corrected chi connectivity index (χ2v) is 5.37. The van der Waals surface area contributed by atoms with Crippen LogP contribution in [0.2, 0.25) is 0 Å². The molecule has 0 fully saturated rings. The first-order chi connectivity index (χ1) is 7.49. The Labute approximate surface area is 111 Å². The van der Waals surface area contributed by atoms with Gasteiger partial charge in [0.2, 0.25) is 0 Å². The maximum absolute atomic E-state index is 5.20. The molecule has 0 heterocycles. The summed E-state index contributed by atoms with van der Waals surface area (Å²) in [6.07, 6.45) is 0. The Kier molecular flexibility index (Phi) is 5.22. The van der Waals surface area contributed by atoms with Crippen LogP contribution < -0.4 is 10.6 Å². The van der Waals surface area contributed by atoms with E-state index in [4.69, 9.17) is 12.2 Å². The van der Waals surface area contributed by atoms with E-state index in [0.717, 1.165) is 4.47 Å². The Bertz CT molecular complexity index is 349. The molecule has 2 N–H and O–H groups in total. The lowest BCUT2D eigenvalue weighted by Crippen LogP contribution is -2.40. The van der Waals surface area contributed by atoms with E-state index in [-0.39, 0.29) is 6.04 Å². The van der Waals surface area contributed by atoms with Crippen LogP contribution in [0, 0.1) is 0 Å². The predicted octanol–water partition coefficient (Wildman–Crippen LogP) is 3.38. The molecule has 88 valence electrons. The molecule has 0 unspecified atom stereocenters. The van der Waals surface area contributed by atoms with Crippen LogP contribution in [-0.2, 0) is 0 Å². The fourth-order valence-corrected chi connectivity index (χ4v) is 2.01. The van der Waals surface area contributed by atoms with Crippen molar-refractivity contribution in [2.45, 2.75) is 32.9 Å². The molecule has 2 nitrogen and oxygen atoms in total. The monoisotopic (exact) mass is 300 g/mol. The van der Waals surface area contributed by atoms with Gasteiger partial charge in [0.05, 0.1) is 6.04 Å². The Hall–Kier alpha value is -0.610. The number of benzene rings is 1. The topological polar surface area (TPSA) is 24.1 Å². The summed E-state index contributed by atoms with van der Waals surface area (Å²) >= 11 is 8.62. The molecule has 0 saturated heterocycles. The van der Waals surface area contributed by atoms with Crippen LogP contribution in [0.5, 0.6) is 0 Å². The predicted molar refractivity (Wildman–Crippen MR) is 76.6 cm³/mol. The molecule has 0 amide bonds. The summed E-state index contributed by atoms with van der Waals surface area (Å²) in [5.41, 5.74) is 1.22. The minimum Gasteiger partial charge on any atom is -0.361 e. The minimum absolute atomic E-state index is 0.215. The molecule has 4 heteroatoms. The van der Waals surface area contributed by atoms with Crippen molar-refractivity contribution in [1.82, 2.24) is 10.6 Å². The standard InChI is InChI=1S/C12H17BrN2S/c1-8(2)14-12(16)15-9(3)10-4-6-11(13)7-5-10/h4-9H,1-3H3,(H2,14,15,16)/t9-/m0/s1. The number of halogens is 1. The Morgan fingerprint density at radius 1 is 1.12 bits per heavy atom. The van der Waals surface area contributed by atoms with Gasteiger partial charge >= 0.3 is 0 Å². The van der Waals surface area contributed by atoms with E-state index in [1.54, 1.807) is 0 Å². The van der Waals surface area contributed by atoms with Gasteiger partial charge in [0, 0.05) is 10.5 Å². The molecule has 0 spiro atoms. The summed E-state index contributed by atoms with van der Waals surface area (Å²) in [5.74, 6) is 0. The van der Waals surface area contributed by atoms with Crippen LogP contribution in [0.3, 0.4) is 0 Å². The third-order valence-electron chi connectivity index (χ3n) is 2.14. The smallest absolute Gasteiger partial charge is 0.166 e. The van der Waals surface area contributed by atoms with E-state index < -0.39 is 0 Å². The lowest BCUT2D eigenvalue weighted by atomic mass is 10.1. The molecule has 0 radical (unpaired) electrons. The van der Waals surface area contributed by atoms with Crippen molar-refractivity contribution < 1.29 is 0 Å². The summed E-state index contributed by atoms with van der Waals surface area (Å²) in [6, 6.07) is 8.81. The van der Waals surface area contributed by atoms with E-state index in [1.165, 1.54) is 5.56 Å². The summed E-state index contributed by atoms with van der Waals surface area (Å²) in [5, 5.41) is 7.12. The zero-order valence-corrected chi connectivity index (χ0v) is 12.2. The number of hydrogen-bond acceptors (Lipinski definition) is 1. The van der Waals surface area contributed by atoms with Gasteiger partial charge in [-0.15, -0.1) is 0 Å². The van der Waals surface area contributed by atoms with E-state index in [9.17, 15) is 0 Å². The number of nitrogens with one attached hydrogen (secondary N) is 2. The van der Waals surface area contributed by atoms with Gasteiger partial charge in [-0.25, -0.2) is 0 Å². The van der Waals surface area contributed by atoms with Crippen molar-refractivity contribution in [2.75, 3.05) is 0 Å². The lowest BCUT2D eigenvalue weighted by Gasteiger charge is -2.19. The zero-order chi connectivity index (χ0) is 12.1. The summed E-state index contributed by atoms with van der Waals surface area (Å²) in [7, 11) is 0. The molecule has 16 heavy (non-hydrogen) atoms. The lowest BCUT2D eigenvalue weighted by molar-refractivity contribution is 0.664. The number of thiocarbonyl (C=S) groups is 1. The van der Waals surface area contributed by atoms with Gasteiger partial charge in [0.15, 0.2) is 5.11 Å². The van der Waals surface area contributed by atoms with Crippen molar-refractivity contribution >= 4 is 33.3 Å². The second kappa shape index (κ2) is 6.21. The maximum atomic E-state index is 5.20. The molecule has 1 aromatic carbocycles. The average Bonchev–Trinajstić information content (AvgIpc) is 2.16. The Morgan fingerprint density at radius 2 is 1.69 bits per heavy atom. The zero-order valence-electron chi connectivity index (χ0n) is 9.75. The molecular formula is C12H17BrN2S. The van der Waals surface area contributed by atoms with Crippen molar-refractivity contribution in [2.24, 2.45) is 0 Å². The third kappa shape index (κ3) is 4.49. The Balaban J connectivity index is 2.55. The highest BCUT2D eigenvalue weighted by Gasteiger charge is 2.06. The molecule has 0 saturated carbocycles. The normalized spacial score (nSPS) is 12.3. The fraction of sp³-hybridized carbons (Fsp3) is 0.417. The van der Waals surface area contributed by atoms with Crippen molar-refractivity contribution in [3.63, 3.8) is 0 Å². The van der Waals surface area contributed by atoms with E-state index >= 15 is 0 Å². The second-order valence-electron chi connectivity index (χ2n) is 4.05. The van der Waals surface area contributed by atoms with E-state index in [1.807, 2.05) is 12.1 Å². The van der Waals surface area contributed by atoms with Crippen molar-refractivity contribution in [3.8, 4) is 0 Å². The van der Waals surface area contributed by atoms with Gasteiger partial charge in [-0.3, -0.25) is 0 Å². The molecule has 0 aliphatic carbocycles. The molecule has 0 aliphatic rings. The molecule has 1 atom stereocenters. The highest BCUT2D eigenvalue weighted by molar-refractivity contribution is 9.10. The van der Waals surface area contributed by atoms with Gasteiger partial charge in [-0.2, -0.15) is 0 Å². The fourth-order valence-electron chi connectivity index (χ4n) is 1.34. The van der Waals surface area contributed by atoms with Crippen LogP contribution in [0.25, 0.3) is 0 Å². The third-order valence-corrected chi connectivity index (χ3v) is 2.90. The quantitative estimate of drug-likeness (QED) is 0.837. The van der Waals surface area contributed by atoms with E-state index in [0.29, 0.717) is 11.2 Å². The van der Waals surface area contributed by atoms with Crippen molar-refractivity contribution in [3.05, 3.63) is 34.3 Å². The Morgan fingerprint density at radius 3 is 2.19 bits per heavy atom. The first-order valence-corrected chi connectivity index (χ1v) is 6.51. The molecule has 1 aromatic rings. The number of rotatable bonds is 3. The first-order valence-electron chi connectivity index (χ1n) is 5.31. The van der Waals surface area contributed by atoms with Crippen LogP contribution in [0.1, 0.15) is 32.4 Å². The van der Waals surface area contributed by atoms with Crippen LogP contribution in [0.15, 0.2) is 28.7 Å². The number of hydrogen-bond donors (Lipinski definition) is 2. The van der Waals surface area contributed by atoms with Gasteiger partial charge in [-0.1, -0.05) is 28.1 Å². The van der Waals surface area contributed by atoms with Crippen LogP contribution in [0.4, 0.5) is 0 Å². The first kappa shape index (κ1) is 13.5. The SMILES string of the molecule is CC(C)NC(=S)N[C@@H](C)c1ccc(Br)cc1. The van der Waals surface area contributed by atoms with Gasteiger partial charge < -0.3 is 10.6 Å². The average molecular weight is 301 g/mol. The summed E-state index contributed by atoms with van der Waals surface area (Å²) in [4.78, 5) is 0. The highest BCUT2D eigenvalue weighted by atomic mass is 79.9. The van der Waals surface area contributed by atoms with Gasteiger partial charge in [0.1, 0.15) is 0 Å². The van der Waals surface area contributed by atoms with Gasteiger partial charge in [-0.05, 0) is 50.7 Å². The molecule has 0 aromatic heterocycles. The summed E-state index contributed by atoms with van der Waals surface area (Å²) in [6.45, 7) is 6.23. The summed E-state index contributed by atoms with van der Waals surface area (Å²) < 4.78 is 1.09. The molecule has 0 aliphatic heterocycles. The molecular weight excluding hydrogens is 284 g/mol. The van der Waals surface area contributed by atoms with Crippen LogP contribution >= 0.6 is 28.1 Å². The highest BCUT2D eigenvalue weighted by Crippen LogP contribution is 2.16. The van der Waals surface area contributed by atoms with Crippen molar-refractivity contribution in [1.29, 1.82) is 0 Å². The van der Waals surface area contributed by atoms with Crippen LogP contribution in [-0.4, -0.2) is 11.2 Å². The molecule has 0 bridgehead atoms. The van der Waals surface area contributed by atoms with E-state index in [2.05, 4.69) is 59.5 Å².